The molecule has 0 unspecified atom stereocenters. The number of thioether (sulfide) groups is 1. The van der Waals surface area contributed by atoms with Crippen molar-refractivity contribution >= 4 is 39.8 Å². The summed E-state index contributed by atoms with van der Waals surface area (Å²) in [5.41, 5.74) is 5.30. The van der Waals surface area contributed by atoms with Crippen LogP contribution in [0, 0.1) is 19.3 Å². The van der Waals surface area contributed by atoms with Crippen LogP contribution in [0.5, 0.6) is 11.5 Å². The van der Waals surface area contributed by atoms with E-state index in [4.69, 9.17) is 14.9 Å². The number of ether oxygens (including phenoxy) is 2. The van der Waals surface area contributed by atoms with Gasteiger partial charge in [0.05, 0.1) is 5.57 Å². The molecule has 2 aliphatic rings. The van der Waals surface area contributed by atoms with E-state index in [1.54, 1.807) is 6.08 Å². The van der Waals surface area contributed by atoms with Gasteiger partial charge in [0.15, 0.2) is 5.84 Å². The van der Waals surface area contributed by atoms with Crippen LogP contribution < -0.4 is 9.47 Å². The topological polar surface area (TPSA) is 87.3 Å². The summed E-state index contributed by atoms with van der Waals surface area (Å²) in [5, 5.41) is 15.7. The lowest BCUT2D eigenvalue weighted by Crippen LogP contribution is -2.35. The Kier molecular flexibility index (Phi) is 7.65. The first-order valence-electron chi connectivity index (χ1n) is 12.8. The van der Waals surface area contributed by atoms with Crippen LogP contribution in [0.3, 0.4) is 0 Å². The minimum atomic E-state index is -0.460. The van der Waals surface area contributed by atoms with Crippen LogP contribution in [0.15, 0.2) is 82.4 Å². The average Bonchev–Trinajstić information content (AvgIpc) is 3.34. The first-order chi connectivity index (χ1) is 18.8. The van der Waals surface area contributed by atoms with Crippen LogP contribution in [-0.2, 0) is 4.79 Å². The Hall–Kier alpha value is -4.17. The van der Waals surface area contributed by atoms with E-state index >= 15 is 0 Å². The number of amidine groups is 2. The second kappa shape index (κ2) is 11.3. The highest BCUT2D eigenvalue weighted by Crippen LogP contribution is 2.31. The maximum Gasteiger partial charge on any atom is 0.283 e. The highest BCUT2D eigenvalue weighted by atomic mass is 32.2. The first-order valence-corrected chi connectivity index (χ1v) is 13.6. The molecule has 0 radical (unpaired) electrons. The van der Waals surface area contributed by atoms with Crippen molar-refractivity contribution in [3.8, 4) is 11.5 Å². The smallest absolute Gasteiger partial charge is 0.283 e. The highest BCUT2D eigenvalue weighted by Gasteiger charge is 2.36. The number of benzene rings is 3. The molecule has 7 nitrogen and oxygen atoms in total. The predicted octanol–water partition coefficient (Wildman–Crippen LogP) is 6.55. The maximum atomic E-state index is 12.8. The van der Waals surface area contributed by atoms with Gasteiger partial charge in [0.25, 0.3) is 5.91 Å². The van der Waals surface area contributed by atoms with Crippen molar-refractivity contribution in [1.82, 2.24) is 5.01 Å². The third-order valence-corrected chi connectivity index (χ3v) is 7.28. The van der Waals surface area contributed by atoms with Crippen molar-refractivity contribution in [2.45, 2.75) is 33.6 Å². The standard InChI is InChI=1S/C31H30N4O3S/c1-19(2)25-13-10-21(4)16-27(25)38-15-14-37-24-7-5-6-22(17-24)18-26-28(32)35-31(33-29(26)36)39-30(34-35)23-11-8-20(3)9-12-23/h5-13,16-19,32H,14-15H2,1-4H3/b26-18-,32-28?. The van der Waals surface area contributed by atoms with Crippen LogP contribution in [0.4, 0.5) is 0 Å². The van der Waals surface area contributed by atoms with E-state index in [1.165, 1.54) is 22.3 Å². The zero-order valence-corrected chi connectivity index (χ0v) is 23.2. The van der Waals surface area contributed by atoms with Crippen molar-refractivity contribution < 1.29 is 14.3 Å². The van der Waals surface area contributed by atoms with Gasteiger partial charge in [-0.2, -0.15) is 15.1 Å². The molecule has 3 aromatic rings. The van der Waals surface area contributed by atoms with Crippen LogP contribution in [0.25, 0.3) is 6.08 Å². The molecular weight excluding hydrogens is 508 g/mol. The molecule has 2 aliphatic heterocycles. The highest BCUT2D eigenvalue weighted by molar-refractivity contribution is 8.27. The molecule has 0 spiro atoms. The van der Waals surface area contributed by atoms with Gasteiger partial charge in [-0.25, -0.2) is 0 Å². The average molecular weight is 539 g/mol. The van der Waals surface area contributed by atoms with E-state index < -0.39 is 5.91 Å². The number of aryl methyl sites for hydroxylation is 2. The monoisotopic (exact) mass is 538 g/mol. The number of aliphatic imine (C=N–C) groups is 1. The van der Waals surface area contributed by atoms with E-state index in [0.717, 1.165) is 28.0 Å². The molecule has 2 heterocycles. The lowest BCUT2D eigenvalue weighted by Gasteiger charge is -2.20. The van der Waals surface area contributed by atoms with E-state index in [-0.39, 0.29) is 11.4 Å². The molecule has 0 aromatic heterocycles. The SMILES string of the molecule is Cc1ccc(C2=NN3C(=N)/C(=C/c4cccc(OCCOc5cc(C)ccc5C(C)C)c4)C(=O)N=C3S2)cc1. The summed E-state index contributed by atoms with van der Waals surface area (Å²) in [7, 11) is 0. The van der Waals surface area contributed by atoms with Gasteiger partial charge in [0, 0.05) is 5.56 Å². The van der Waals surface area contributed by atoms with Crippen molar-refractivity contribution in [1.29, 1.82) is 5.41 Å². The molecule has 0 atom stereocenters. The lowest BCUT2D eigenvalue weighted by atomic mass is 10.0. The summed E-state index contributed by atoms with van der Waals surface area (Å²) >= 11 is 1.29. The number of fused-ring (bicyclic) bond motifs is 1. The molecule has 3 aromatic carbocycles. The molecule has 5 rings (SSSR count). The maximum absolute atomic E-state index is 12.8. The van der Waals surface area contributed by atoms with E-state index in [2.05, 4.69) is 42.1 Å². The summed E-state index contributed by atoms with van der Waals surface area (Å²) < 4.78 is 11.9. The third kappa shape index (κ3) is 5.96. The Morgan fingerprint density at radius 2 is 1.72 bits per heavy atom. The number of hydrogen-bond acceptors (Lipinski definition) is 6. The van der Waals surface area contributed by atoms with E-state index in [9.17, 15) is 4.79 Å². The van der Waals surface area contributed by atoms with Crippen molar-refractivity contribution in [3.05, 3.63) is 100 Å². The Labute approximate surface area is 232 Å². The van der Waals surface area contributed by atoms with Crippen molar-refractivity contribution in [2.24, 2.45) is 10.1 Å². The first kappa shape index (κ1) is 26.4. The summed E-state index contributed by atoms with van der Waals surface area (Å²) in [5.74, 6) is 1.44. The predicted molar refractivity (Wildman–Crippen MR) is 158 cm³/mol. The van der Waals surface area contributed by atoms with Gasteiger partial charge in [-0.05, 0) is 72.5 Å². The lowest BCUT2D eigenvalue weighted by molar-refractivity contribution is -0.114. The van der Waals surface area contributed by atoms with Gasteiger partial charge in [0.1, 0.15) is 29.8 Å². The minimum absolute atomic E-state index is 0.00144. The number of nitrogens with zero attached hydrogens (tertiary/aromatic N) is 3. The fraction of sp³-hybridized carbons (Fsp3) is 0.226. The zero-order chi connectivity index (χ0) is 27.5. The minimum Gasteiger partial charge on any atom is -0.490 e. The molecule has 0 saturated carbocycles. The number of amides is 1. The van der Waals surface area contributed by atoms with Crippen molar-refractivity contribution in [2.75, 3.05) is 13.2 Å². The van der Waals surface area contributed by atoms with Gasteiger partial charge < -0.3 is 9.47 Å². The molecule has 1 amide bonds. The quantitative estimate of drug-likeness (QED) is 0.260. The van der Waals surface area contributed by atoms with Crippen LogP contribution >= 0.6 is 11.8 Å². The Bertz CT molecular complexity index is 1520. The normalized spacial score (nSPS) is 15.9. The summed E-state index contributed by atoms with van der Waals surface area (Å²) in [4.78, 5) is 17.0. The fourth-order valence-corrected chi connectivity index (χ4v) is 5.12. The van der Waals surface area contributed by atoms with Gasteiger partial charge >= 0.3 is 0 Å². The third-order valence-electron chi connectivity index (χ3n) is 6.32. The summed E-state index contributed by atoms with van der Waals surface area (Å²) in [6, 6.07) is 21.6. The van der Waals surface area contributed by atoms with E-state index in [1.807, 2.05) is 62.4 Å². The molecule has 0 fully saturated rings. The number of carbonyl (C=O) groups is 1. The Balaban J connectivity index is 1.25. The number of hydrazone groups is 1. The summed E-state index contributed by atoms with van der Waals surface area (Å²) in [6.07, 6.45) is 1.65. The van der Waals surface area contributed by atoms with Gasteiger partial charge in [0.2, 0.25) is 5.17 Å². The van der Waals surface area contributed by atoms with Crippen molar-refractivity contribution in [3.63, 3.8) is 0 Å². The Morgan fingerprint density at radius 1 is 0.974 bits per heavy atom. The molecule has 1 N–H and O–H groups in total. The van der Waals surface area contributed by atoms with Gasteiger partial charge in [-0.3, -0.25) is 10.2 Å². The molecular formula is C31H30N4O3S. The second-order valence-electron chi connectivity index (χ2n) is 9.76. The van der Waals surface area contributed by atoms with E-state index in [0.29, 0.717) is 35.1 Å². The molecule has 0 saturated heterocycles. The number of carbonyl (C=O) groups excluding carboxylic acids is 1. The number of hydrogen-bond donors (Lipinski definition) is 1. The summed E-state index contributed by atoms with van der Waals surface area (Å²) in [6.45, 7) is 9.14. The fourth-order valence-electron chi connectivity index (χ4n) is 4.22. The van der Waals surface area contributed by atoms with Crippen LogP contribution in [0.2, 0.25) is 0 Å². The number of rotatable bonds is 8. The van der Waals surface area contributed by atoms with Gasteiger partial charge in [-0.15, -0.1) is 0 Å². The second-order valence-corrected chi connectivity index (χ2v) is 10.7. The molecule has 0 bridgehead atoms. The zero-order valence-electron chi connectivity index (χ0n) is 22.4. The molecule has 198 valence electrons. The van der Waals surface area contributed by atoms with Crippen LogP contribution in [-0.4, -0.2) is 40.2 Å². The number of nitrogens with one attached hydrogen (secondary N) is 1. The van der Waals surface area contributed by atoms with Crippen LogP contribution in [0.1, 0.15) is 47.6 Å². The van der Waals surface area contributed by atoms with Gasteiger partial charge in [-0.1, -0.05) is 67.9 Å². The molecule has 0 aliphatic carbocycles. The Morgan fingerprint density at radius 3 is 2.49 bits per heavy atom. The molecule has 39 heavy (non-hydrogen) atoms. The molecule has 8 heteroatoms. The largest absolute Gasteiger partial charge is 0.490 e.